The molecule has 0 aliphatic rings. The van der Waals surface area contributed by atoms with Gasteiger partial charge in [-0.2, -0.15) is 0 Å². The molecule has 0 fully saturated rings. The van der Waals surface area contributed by atoms with Crippen molar-refractivity contribution in [1.82, 2.24) is 0 Å². The Bertz CT molecular complexity index is 331. The van der Waals surface area contributed by atoms with E-state index in [4.69, 9.17) is 5.73 Å². The van der Waals surface area contributed by atoms with Crippen molar-refractivity contribution < 1.29 is 0 Å². The van der Waals surface area contributed by atoms with Crippen molar-refractivity contribution in [1.29, 1.82) is 0 Å². The Kier molecular flexibility index (Phi) is 6.41. The lowest BCUT2D eigenvalue weighted by Crippen LogP contribution is -2.26. The van der Waals surface area contributed by atoms with Gasteiger partial charge in [-0.1, -0.05) is 42.6 Å². The highest BCUT2D eigenvalue weighted by atomic mass is 79.9. The SMILES string of the molecule is CCCCN(CCCC)c1ccc(Br)cc1N. The molecule has 2 nitrogen and oxygen atoms in total. The summed E-state index contributed by atoms with van der Waals surface area (Å²) in [6.45, 7) is 6.65. The van der Waals surface area contributed by atoms with Gasteiger partial charge in [0, 0.05) is 17.6 Å². The molecule has 0 aromatic heterocycles. The van der Waals surface area contributed by atoms with E-state index in [1.165, 1.54) is 31.4 Å². The quantitative estimate of drug-likeness (QED) is 0.754. The normalized spacial score (nSPS) is 10.5. The van der Waals surface area contributed by atoms with Gasteiger partial charge in [0.15, 0.2) is 0 Å². The van der Waals surface area contributed by atoms with Crippen LogP contribution in [0.15, 0.2) is 22.7 Å². The largest absolute Gasteiger partial charge is 0.397 e. The topological polar surface area (TPSA) is 29.3 Å². The fourth-order valence-electron chi connectivity index (χ4n) is 1.86. The van der Waals surface area contributed by atoms with Gasteiger partial charge in [-0.05, 0) is 31.0 Å². The fourth-order valence-corrected chi connectivity index (χ4v) is 2.24. The zero-order valence-electron chi connectivity index (χ0n) is 10.9. The maximum absolute atomic E-state index is 6.09. The summed E-state index contributed by atoms with van der Waals surface area (Å²) in [6, 6.07) is 6.17. The van der Waals surface area contributed by atoms with E-state index in [0.717, 1.165) is 23.2 Å². The standard InChI is InChI=1S/C14H23BrN2/c1-3-5-9-17(10-6-4-2)14-8-7-12(15)11-13(14)16/h7-8,11H,3-6,9-10,16H2,1-2H3. The fraction of sp³-hybridized carbons (Fsp3) is 0.571. The number of benzene rings is 1. The first-order chi connectivity index (χ1) is 8.19. The molecule has 2 N–H and O–H groups in total. The Labute approximate surface area is 113 Å². The Morgan fingerprint density at radius 1 is 1.12 bits per heavy atom. The molecule has 1 aromatic rings. The minimum atomic E-state index is 0.867. The molecule has 0 amide bonds. The lowest BCUT2D eigenvalue weighted by Gasteiger charge is -2.26. The summed E-state index contributed by atoms with van der Waals surface area (Å²) in [7, 11) is 0. The van der Waals surface area contributed by atoms with Crippen molar-refractivity contribution in [2.45, 2.75) is 39.5 Å². The zero-order chi connectivity index (χ0) is 12.7. The molecular formula is C14H23BrN2. The van der Waals surface area contributed by atoms with Gasteiger partial charge < -0.3 is 10.6 Å². The van der Waals surface area contributed by atoms with Crippen LogP contribution in [-0.2, 0) is 0 Å². The molecule has 17 heavy (non-hydrogen) atoms. The maximum Gasteiger partial charge on any atom is 0.0600 e. The monoisotopic (exact) mass is 298 g/mol. The second kappa shape index (κ2) is 7.59. The minimum Gasteiger partial charge on any atom is -0.397 e. The smallest absolute Gasteiger partial charge is 0.0600 e. The molecule has 1 rings (SSSR count). The molecule has 0 atom stereocenters. The van der Waals surface area contributed by atoms with Crippen molar-refractivity contribution in [3.8, 4) is 0 Å². The summed E-state index contributed by atoms with van der Waals surface area (Å²) < 4.78 is 1.05. The molecule has 0 spiro atoms. The van der Waals surface area contributed by atoms with Gasteiger partial charge in [0.05, 0.1) is 11.4 Å². The number of nitrogens with two attached hydrogens (primary N) is 1. The van der Waals surface area contributed by atoms with Crippen molar-refractivity contribution in [3.05, 3.63) is 22.7 Å². The average Bonchev–Trinajstić information content (AvgIpc) is 2.30. The lowest BCUT2D eigenvalue weighted by atomic mass is 10.2. The molecule has 0 radical (unpaired) electrons. The first kappa shape index (κ1) is 14.4. The molecular weight excluding hydrogens is 276 g/mol. The van der Waals surface area contributed by atoms with Gasteiger partial charge in [-0.25, -0.2) is 0 Å². The van der Waals surface area contributed by atoms with Gasteiger partial charge in [0.2, 0.25) is 0 Å². The van der Waals surface area contributed by atoms with Crippen LogP contribution in [0.25, 0.3) is 0 Å². The third-order valence-electron chi connectivity index (χ3n) is 2.89. The van der Waals surface area contributed by atoms with Crippen LogP contribution in [0.3, 0.4) is 0 Å². The Morgan fingerprint density at radius 3 is 2.18 bits per heavy atom. The summed E-state index contributed by atoms with van der Waals surface area (Å²) in [4.78, 5) is 2.41. The van der Waals surface area contributed by atoms with Crippen molar-refractivity contribution in [2.24, 2.45) is 0 Å². The third-order valence-corrected chi connectivity index (χ3v) is 3.39. The summed E-state index contributed by atoms with van der Waals surface area (Å²) >= 11 is 3.45. The third kappa shape index (κ3) is 4.58. The molecule has 0 unspecified atom stereocenters. The second-order valence-corrected chi connectivity index (χ2v) is 5.31. The minimum absolute atomic E-state index is 0.867. The number of nitrogen functional groups attached to an aromatic ring is 1. The molecule has 0 bridgehead atoms. The van der Waals surface area contributed by atoms with Gasteiger partial charge >= 0.3 is 0 Å². The summed E-state index contributed by atoms with van der Waals surface area (Å²) in [6.07, 6.45) is 4.89. The highest BCUT2D eigenvalue weighted by Gasteiger charge is 2.09. The Morgan fingerprint density at radius 2 is 1.71 bits per heavy atom. The van der Waals surface area contributed by atoms with E-state index in [0.29, 0.717) is 0 Å². The van der Waals surface area contributed by atoms with Crippen molar-refractivity contribution in [2.75, 3.05) is 23.7 Å². The Hall–Kier alpha value is -0.700. The van der Waals surface area contributed by atoms with Crippen LogP contribution >= 0.6 is 15.9 Å². The van der Waals surface area contributed by atoms with E-state index in [2.05, 4.69) is 46.8 Å². The molecule has 0 saturated heterocycles. The summed E-state index contributed by atoms with van der Waals surface area (Å²) in [5.41, 5.74) is 8.14. The van der Waals surface area contributed by atoms with Crippen LogP contribution in [-0.4, -0.2) is 13.1 Å². The molecule has 96 valence electrons. The first-order valence-electron chi connectivity index (χ1n) is 6.49. The van der Waals surface area contributed by atoms with E-state index in [-0.39, 0.29) is 0 Å². The van der Waals surface area contributed by atoms with Crippen LogP contribution in [0.2, 0.25) is 0 Å². The molecule has 0 heterocycles. The molecule has 0 saturated carbocycles. The number of hydrogen-bond donors (Lipinski definition) is 1. The number of unbranched alkanes of at least 4 members (excludes halogenated alkanes) is 2. The van der Waals surface area contributed by atoms with E-state index >= 15 is 0 Å². The van der Waals surface area contributed by atoms with E-state index in [9.17, 15) is 0 Å². The number of rotatable bonds is 7. The van der Waals surface area contributed by atoms with Gasteiger partial charge in [0.1, 0.15) is 0 Å². The van der Waals surface area contributed by atoms with E-state index < -0.39 is 0 Å². The van der Waals surface area contributed by atoms with Gasteiger partial charge in [-0.3, -0.25) is 0 Å². The molecule has 1 aromatic carbocycles. The predicted molar refractivity (Wildman–Crippen MR) is 80.6 cm³/mol. The first-order valence-corrected chi connectivity index (χ1v) is 7.28. The van der Waals surface area contributed by atoms with Crippen LogP contribution in [0.1, 0.15) is 39.5 Å². The lowest BCUT2D eigenvalue weighted by molar-refractivity contribution is 0.678. The number of hydrogen-bond acceptors (Lipinski definition) is 2. The highest BCUT2D eigenvalue weighted by molar-refractivity contribution is 9.10. The number of halogens is 1. The number of anilines is 2. The summed E-state index contributed by atoms with van der Waals surface area (Å²) in [5.74, 6) is 0. The molecule has 3 heteroatoms. The van der Waals surface area contributed by atoms with Gasteiger partial charge in [-0.15, -0.1) is 0 Å². The predicted octanol–water partition coefficient (Wildman–Crippen LogP) is 4.44. The van der Waals surface area contributed by atoms with Crippen LogP contribution < -0.4 is 10.6 Å². The van der Waals surface area contributed by atoms with Crippen LogP contribution in [0.5, 0.6) is 0 Å². The number of nitrogens with zero attached hydrogens (tertiary/aromatic N) is 1. The van der Waals surface area contributed by atoms with Crippen molar-refractivity contribution in [3.63, 3.8) is 0 Å². The Balaban J connectivity index is 2.79. The zero-order valence-corrected chi connectivity index (χ0v) is 12.5. The van der Waals surface area contributed by atoms with E-state index in [1.54, 1.807) is 0 Å². The van der Waals surface area contributed by atoms with Gasteiger partial charge in [0.25, 0.3) is 0 Å². The second-order valence-electron chi connectivity index (χ2n) is 4.40. The highest BCUT2D eigenvalue weighted by Crippen LogP contribution is 2.27. The van der Waals surface area contributed by atoms with Crippen LogP contribution in [0.4, 0.5) is 11.4 Å². The van der Waals surface area contributed by atoms with E-state index in [1.807, 2.05) is 6.07 Å². The molecule has 0 aliphatic carbocycles. The van der Waals surface area contributed by atoms with Crippen LogP contribution in [0, 0.1) is 0 Å². The summed E-state index contributed by atoms with van der Waals surface area (Å²) in [5, 5.41) is 0. The maximum atomic E-state index is 6.09. The van der Waals surface area contributed by atoms with Crippen molar-refractivity contribution >= 4 is 27.3 Å². The molecule has 0 aliphatic heterocycles. The average molecular weight is 299 g/mol.